The fourth-order valence-corrected chi connectivity index (χ4v) is 1.26. The van der Waals surface area contributed by atoms with Crippen LogP contribution in [0.5, 0.6) is 0 Å². The van der Waals surface area contributed by atoms with Gasteiger partial charge < -0.3 is 10.1 Å². The Labute approximate surface area is 95.0 Å². The van der Waals surface area contributed by atoms with Crippen LogP contribution in [0.3, 0.4) is 0 Å². The van der Waals surface area contributed by atoms with Gasteiger partial charge in [0.05, 0.1) is 0 Å². The van der Waals surface area contributed by atoms with Gasteiger partial charge in [0.2, 0.25) is 0 Å². The van der Waals surface area contributed by atoms with E-state index in [1.807, 2.05) is 0 Å². The minimum Gasteiger partial charge on any atom is -0.377 e. The first kappa shape index (κ1) is 12.2. The minimum absolute atomic E-state index is 0.372. The van der Waals surface area contributed by atoms with Crippen molar-refractivity contribution >= 4 is 17.4 Å². The molecule has 0 aliphatic carbocycles. The Morgan fingerprint density at radius 3 is 2.80 bits per heavy atom. The van der Waals surface area contributed by atoms with Gasteiger partial charge >= 0.3 is 0 Å². The first-order valence-corrected chi connectivity index (χ1v) is 5.26. The monoisotopic (exact) mass is 229 g/mol. The van der Waals surface area contributed by atoms with E-state index in [-0.39, 0.29) is 0 Å². The second-order valence-electron chi connectivity index (χ2n) is 3.70. The lowest BCUT2D eigenvalue weighted by Crippen LogP contribution is -2.10. The van der Waals surface area contributed by atoms with Gasteiger partial charge in [0.1, 0.15) is 17.6 Å². The summed E-state index contributed by atoms with van der Waals surface area (Å²) in [5.74, 6) is 1.90. The number of halogens is 1. The third kappa shape index (κ3) is 4.44. The van der Waals surface area contributed by atoms with Crippen LogP contribution in [0, 0.1) is 5.92 Å². The Morgan fingerprint density at radius 1 is 1.47 bits per heavy atom. The number of ether oxygens (including phenoxy) is 1. The molecule has 0 fully saturated rings. The molecule has 0 aromatic carbocycles. The maximum absolute atomic E-state index is 5.85. The molecular weight excluding hydrogens is 214 g/mol. The van der Waals surface area contributed by atoms with E-state index < -0.39 is 0 Å². The molecule has 0 unspecified atom stereocenters. The number of nitrogens with one attached hydrogen (secondary N) is 1. The van der Waals surface area contributed by atoms with Gasteiger partial charge in [-0.25, -0.2) is 9.97 Å². The molecule has 1 rings (SSSR count). The van der Waals surface area contributed by atoms with Gasteiger partial charge in [0.25, 0.3) is 0 Å². The van der Waals surface area contributed by atoms with Crippen molar-refractivity contribution in [3.63, 3.8) is 0 Å². The van der Waals surface area contributed by atoms with Crippen molar-refractivity contribution in [3.8, 4) is 0 Å². The van der Waals surface area contributed by atoms with Crippen LogP contribution in [0.2, 0.25) is 5.15 Å². The number of hydrogen-bond acceptors (Lipinski definition) is 4. The zero-order valence-electron chi connectivity index (χ0n) is 9.25. The number of nitrogens with zero attached hydrogens (tertiary/aromatic N) is 2. The summed E-state index contributed by atoms with van der Waals surface area (Å²) in [5, 5.41) is 3.63. The first-order chi connectivity index (χ1) is 7.11. The Hall–Kier alpha value is -0.870. The predicted molar refractivity (Wildman–Crippen MR) is 61.1 cm³/mol. The number of methoxy groups -OCH3 is 1. The molecule has 5 heteroatoms. The van der Waals surface area contributed by atoms with Crippen LogP contribution < -0.4 is 5.32 Å². The summed E-state index contributed by atoms with van der Waals surface area (Å²) in [7, 11) is 1.60. The van der Waals surface area contributed by atoms with Crippen molar-refractivity contribution in [1.29, 1.82) is 0 Å². The van der Waals surface area contributed by atoms with Gasteiger partial charge in [-0.05, 0) is 5.92 Å². The number of rotatable bonds is 5. The summed E-state index contributed by atoms with van der Waals surface area (Å²) in [6.45, 7) is 5.49. The summed E-state index contributed by atoms with van der Waals surface area (Å²) in [6.07, 6.45) is 0. The van der Waals surface area contributed by atoms with E-state index in [1.54, 1.807) is 13.2 Å². The SMILES string of the molecule is COCc1nc(Cl)cc(NCC(C)C)n1. The van der Waals surface area contributed by atoms with Crippen LogP contribution in [0.15, 0.2) is 6.07 Å². The zero-order valence-corrected chi connectivity index (χ0v) is 10.0. The van der Waals surface area contributed by atoms with Crippen LogP contribution in [0.25, 0.3) is 0 Å². The highest BCUT2D eigenvalue weighted by atomic mass is 35.5. The Balaban J connectivity index is 2.70. The molecule has 0 bridgehead atoms. The highest BCUT2D eigenvalue weighted by Crippen LogP contribution is 2.12. The molecule has 1 aromatic rings. The number of anilines is 1. The van der Waals surface area contributed by atoms with Crippen LogP contribution in [-0.4, -0.2) is 23.6 Å². The quantitative estimate of drug-likeness (QED) is 0.788. The first-order valence-electron chi connectivity index (χ1n) is 4.88. The topological polar surface area (TPSA) is 47.0 Å². The zero-order chi connectivity index (χ0) is 11.3. The van der Waals surface area contributed by atoms with Gasteiger partial charge in [-0.3, -0.25) is 0 Å². The van der Waals surface area contributed by atoms with Crippen molar-refractivity contribution in [2.75, 3.05) is 19.0 Å². The summed E-state index contributed by atoms with van der Waals surface area (Å²) in [4.78, 5) is 8.30. The predicted octanol–water partition coefficient (Wildman–Crippen LogP) is 2.34. The molecule has 0 atom stereocenters. The second kappa shape index (κ2) is 5.88. The van der Waals surface area contributed by atoms with E-state index in [9.17, 15) is 0 Å². The average molecular weight is 230 g/mol. The van der Waals surface area contributed by atoms with E-state index in [1.165, 1.54) is 0 Å². The molecule has 0 saturated carbocycles. The number of aromatic nitrogens is 2. The molecule has 0 aliphatic rings. The van der Waals surface area contributed by atoms with E-state index in [2.05, 4.69) is 29.1 Å². The van der Waals surface area contributed by atoms with Gasteiger partial charge in [-0.1, -0.05) is 25.4 Å². The normalized spacial score (nSPS) is 10.7. The van der Waals surface area contributed by atoms with E-state index in [0.29, 0.717) is 23.5 Å². The molecule has 4 nitrogen and oxygen atoms in total. The summed E-state index contributed by atoms with van der Waals surface area (Å²) in [6, 6.07) is 1.71. The van der Waals surface area contributed by atoms with E-state index in [0.717, 1.165) is 12.4 Å². The van der Waals surface area contributed by atoms with E-state index in [4.69, 9.17) is 16.3 Å². The van der Waals surface area contributed by atoms with Crippen molar-refractivity contribution in [2.45, 2.75) is 20.5 Å². The summed E-state index contributed by atoms with van der Waals surface area (Å²) >= 11 is 5.85. The molecule has 0 amide bonds. The summed E-state index contributed by atoms with van der Waals surface area (Å²) in [5.41, 5.74) is 0. The fourth-order valence-electron chi connectivity index (χ4n) is 1.06. The lowest BCUT2D eigenvalue weighted by atomic mass is 10.2. The molecule has 1 heterocycles. The van der Waals surface area contributed by atoms with Gasteiger partial charge in [-0.15, -0.1) is 0 Å². The molecule has 1 N–H and O–H groups in total. The van der Waals surface area contributed by atoms with Crippen molar-refractivity contribution < 1.29 is 4.74 Å². The third-order valence-corrected chi connectivity index (χ3v) is 1.90. The number of hydrogen-bond donors (Lipinski definition) is 1. The fraction of sp³-hybridized carbons (Fsp3) is 0.600. The Kier molecular flexibility index (Phi) is 4.78. The van der Waals surface area contributed by atoms with Crippen LogP contribution >= 0.6 is 11.6 Å². The minimum atomic E-state index is 0.372. The highest BCUT2D eigenvalue weighted by Gasteiger charge is 2.03. The molecule has 0 aliphatic heterocycles. The van der Waals surface area contributed by atoms with Crippen LogP contribution in [0.4, 0.5) is 5.82 Å². The molecule has 84 valence electrons. The molecule has 1 aromatic heterocycles. The molecular formula is C10H16ClN3O. The lowest BCUT2D eigenvalue weighted by Gasteiger charge is -2.09. The molecule has 0 radical (unpaired) electrons. The standard InChI is InChI=1S/C10H16ClN3O/c1-7(2)5-12-9-4-8(11)13-10(14-9)6-15-3/h4,7H,5-6H2,1-3H3,(H,12,13,14). The molecule has 0 saturated heterocycles. The smallest absolute Gasteiger partial charge is 0.158 e. The lowest BCUT2D eigenvalue weighted by molar-refractivity contribution is 0.178. The van der Waals surface area contributed by atoms with E-state index >= 15 is 0 Å². The van der Waals surface area contributed by atoms with Crippen LogP contribution in [-0.2, 0) is 11.3 Å². The summed E-state index contributed by atoms with van der Waals surface area (Å²) < 4.78 is 4.95. The highest BCUT2D eigenvalue weighted by molar-refractivity contribution is 6.29. The largest absolute Gasteiger partial charge is 0.377 e. The third-order valence-electron chi connectivity index (χ3n) is 1.71. The molecule has 0 spiro atoms. The van der Waals surface area contributed by atoms with Crippen molar-refractivity contribution in [3.05, 3.63) is 17.0 Å². The van der Waals surface area contributed by atoms with Gasteiger partial charge in [0, 0.05) is 19.7 Å². The van der Waals surface area contributed by atoms with Crippen molar-refractivity contribution in [2.24, 2.45) is 5.92 Å². The Bertz CT molecular complexity index is 318. The van der Waals surface area contributed by atoms with Crippen molar-refractivity contribution in [1.82, 2.24) is 9.97 Å². The maximum atomic E-state index is 5.85. The Morgan fingerprint density at radius 2 is 2.20 bits per heavy atom. The van der Waals surface area contributed by atoms with Gasteiger partial charge in [0.15, 0.2) is 5.82 Å². The molecule has 15 heavy (non-hydrogen) atoms. The van der Waals surface area contributed by atoms with Gasteiger partial charge in [-0.2, -0.15) is 0 Å². The maximum Gasteiger partial charge on any atom is 0.158 e. The second-order valence-corrected chi connectivity index (χ2v) is 4.09. The van der Waals surface area contributed by atoms with Crippen LogP contribution in [0.1, 0.15) is 19.7 Å². The average Bonchev–Trinajstić information content (AvgIpc) is 2.14.